The quantitative estimate of drug-likeness (QED) is 0.650. The molecule has 4 rings (SSSR count). The van der Waals surface area contributed by atoms with Gasteiger partial charge in [-0.2, -0.15) is 0 Å². The predicted octanol–water partition coefficient (Wildman–Crippen LogP) is 2.24. The molecule has 1 atom stereocenters. The maximum absolute atomic E-state index is 12.3. The Hall–Kier alpha value is -3.22. The number of hydrogen-bond donors (Lipinski definition) is 1. The summed E-state index contributed by atoms with van der Waals surface area (Å²) in [7, 11) is 0. The van der Waals surface area contributed by atoms with Gasteiger partial charge in [0.2, 0.25) is 0 Å². The highest BCUT2D eigenvalue weighted by Gasteiger charge is 2.33. The second kappa shape index (κ2) is 7.57. The molecule has 1 unspecified atom stereocenters. The average molecular weight is 364 g/mol. The number of benzene rings is 2. The van der Waals surface area contributed by atoms with Crippen LogP contribution in [0.3, 0.4) is 0 Å². The van der Waals surface area contributed by atoms with Gasteiger partial charge in [-0.1, -0.05) is 47.7 Å². The summed E-state index contributed by atoms with van der Waals surface area (Å²) in [5.74, 6) is -0.371. The van der Waals surface area contributed by atoms with Gasteiger partial charge in [-0.15, -0.1) is 5.10 Å². The summed E-state index contributed by atoms with van der Waals surface area (Å²) >= 11 is 0. The number of aromatic nitrogens is 3. The van der Waals surface area contributed by atoms with Gasteiger partial charge in [0.05, 0.1) is 11.6 Å². The van der Waals surface area contributed by atoms with E-state index >= 15 is 0 Å². The fraction of sp³-hybridized carbons (Fsp3) is 0.300. The monoisotopic (exact) mass is 364 g/mol. The van der Waals surface area contributed by atoms with Crippen LogP contribution in [0.15, 0.2) is 54.6 Å². The highest BCUT2D eigenvalue weighted by molar-refractivity contribution is 5.81. The minimum Gasteiger partial charge on any atom is -0.454 e. The molecule has 0 radical (unpaired) electrons. The van der Waals surface area contributed by atoms with Crippen LogP contribution in [0.2, 0.25) is 0 Å². The van der Waals surface area contributed by atoms with E-state index in [-0.39, 0.29) is 25.1 Å². The van der Waals surface area contributed by atoms with Crippen molar-refractivity contribution in [2.24, 2.45) is 5.92 Å². The van der Waals surface area contributed by atoms with Gasteiger partial charge in [0.25, 0.3) is 5.91 Å². The first-order valence-electron chi connectivity index (χ1n) is 8.99. The number of nitrogens with one attached hydrogen (secondary N) is 1. The second-order valence-corrected chi connectivity index (χ2v) is 6.69. The minimum atomic E-state index is -0.525. The lowest BCUT2D eigenvalue weighted by Crippen LogP contribution is -2.34. The Morgan fingerprint density at radius 2 is 1.85 bits per heavy atom. The van der Waals surface area contributed by atoms with Gasteiger partial charge >= 0.3 is 5.97 Å². The Labute approximate surface area is 156 Å². The summed E-state index contributed by atoms with van der Waals surface area (Å²) in [6.07, 6.45) is 2.19. The maximum atomic E-state index is 12.3. The predicted molar refractivity (Wildman–Crippen MR) is 98.5 cm³/mol. The molecule has 7 heteroatoms. The summed E-state index contributed by atoms with van der Waals surface area (Å²) < 4.78 is 6.59. The molecular weight excluding hydrogens is 344 g/mol. The van der Waals surface area contributed by atoms with Crippen LogP contribution in [0.5, 0.6) is 0 Å². The van der Waals surface area contributed by atoms with E-state index in [1.165, 1.54) is 4.68 Å². The van der Waals surface area contributed by atoms with Crippen LogP contribution in [0.4, 0.5) is 0 Å². The van der Waals surface area contributed by atoms with Crippen molar-refractivity contribution in [3.63, 3.8) is 0 Å². The Balaban J connectivity index is 1.31. The molecule has 2 aromatic carbocycles. The van der Waals surface area contributed by atoms with Crippen LogP contribution >= 0.6 is 0 Å². The third kappa shape index (κ3) is 4.13. The fourth-order valence-electron chi connectivity index (χ4n) is 3.13. The number of para-hydroxylation sites is 1. The molecule has 1 amide bonds. The Morgan fingerprint density at radius 3 is 2.63 bits per heavy atom. The second-order valence-electron chi connectivity index (χ2n) is 6.69. The van der Waals surface area contributed by atoms with Gasteiger partial charge in [0, 0.05) is 0 Å². The molecule has 1 aliphatic rings. The zero-order valence-corrected chi connectivity index (χ0v) is 14.7. The van der Waals surface area contributed by atoms with Crippen molar-refractivity contribution in [1.82, 2.24) is 20.3 Å². The summed E-state index contributed by atoms with van der Waals surface area (Å²) in [6.45, 7) is -0.389. The van der Waals surface area contributed by atoms with Gasteiger partial charge in [-0.3, -0.25) is 9.59 Å². The fourth-order valence-corrected chi connectivity index (χ4v) is 3.13. The van der Waals surface area contributed by atoms with E-state index in [2.05, 4.69) is 15.6 Å². The number of esters is 1. The molecule has 0 bridgehead atoms. The van der Waals surface area contributed by atoms with Crippen molar-refractivity contribution in [3.8, 4) is 0 Å². The average Bonchev–Trinajstić information content (AvgIpc) is 3.47. The van der Waals surface area contributed by atoms with Crippen LogP contribution in [0.1, 0.15) is 24.4 Å². The Morgan fingerprint density at radius 1 is 1.11 bits per heavy atom. The van der Waals surface area contributed by atoms with Crippen LogP contribution in [0, 0.1) is 5.92 Å². The topological polar surface area (TPSA) is 86.1 Å². The summed E-state index contributed by atoms with van der Waals surface area (Å²) in [6, 6.07) is 17.2. The van der Waals surface area contributed by atoms with Crippen molar-refractivity contribution >= 4 is 22.9 Å². The summed E-state index contributed by atoms with van der Waals surface area (Å²) in [5, 5.41) is 10.9. The molecule has 3 aromatic rings. The van der Waals surface area contributed by atoms with E-state index < -0.39 is 5.97 Å². The molecule has 1 aromatic heterocycles. The lowest BCUT2D eigenvalue weighted by atomic mass is 10.0. The molecule has 138 valence electrons. The summed E-state index contributed by atoms with van der Waals surface area (Å²) in [5.41, 5.74) is 2.53. The maximum Gasteiger partial charge on any atom is 0.328 e. The third-order valence-corrected chi connectivity index (χ3v) is 4.63. The van der Waals surface area contributed by atoms with E-state index in [9.17, 15) is 9.59 Å². The molecule has 1 heterocycles. The molecular formula is C20H20N4O3. The normalized spacial score (nSPS) is 14.7. The lowest BCUT2D eigenvalue weighted by Gasteiger charge is -2.18. The molecule has 0 saturated heterocycles. The minimum absolute atomic E-state index is 0.0309. The molecule has 0 aliphatic heterocycles. The largest absolute Gasteiger partial charge is 0.454 e. The first-order valence-corrected chi connectivity index (χ1v) is 8.99. The van der Waals surface area contributed by atoms with Crippen molar-refractivity contribution in [2.75, 3.05) is 6.61 Å². The number of carbonyl (C=O) groups is 2. The number of fused-ring (bicyclic) bond motifs is 1. The standard InChI is InChI=1S/C20H20N4O3/c25-18(21-20(15-10-11-15)14-6-2-1-3-7-14)13-27-19(26)12-24-17-9-5-4-8-16(17)22-23-24/h1-9,15,20H,10-13H2,(H,21,25). The smallest absolute Gasteiger partial charge is 0.328 e. The van der Waals surface area contributed by atoms with Gasteiger partial charge in [-0.25, -0.2) is 4.68 Å². The van der Waals surface area contributed by atoms with E-state index in [0.717, 1.165) is 23.9 Å². The van der Waals surface area contributed by atoms with Crippen LogP contribution in [-0.2, 0) is 20.9 Å². The zero-order chi connectivity index (χ0) is 18.6. The molecule has 7 nitrogen and oxygen atoms in total. The van der Waals surface area contributed by atoms with Crippen molar-refractivity contribution < 1.29 is 14.3 Å². The first-order chi connectivity index (χ1) is 13.2. The van der Waals surface area contributed by atoms with Crippen molar-refractivity contribution in [3.05, 3.63) is 60.2 Å². The van der Waals surface area contributed by atoms with Crippen LogP contribution in [-0.4, -0.2) is 33.5 Å². The molecule has 1 saturated carbocycles. The number of carbonyl (C=O) groups excluding carboxylic acids is 2. The lowest BCUT2D eigenvalue weighted by molar-refractivity contribution is -0.149. The first kappa shape index (κ1) is 17.2. The van der Waals surface area contributed by atoms with E-state index in [1.807, 2.05) is 54.6 Å². The number of nitrogens with zero attached hydrogens (tertiary/aromatic N) is 3. The number of ether oxygens (including phenoxy) is 1. The van der Waals surface area contributed by atoms with E-state index in [4.69, 9.17) is 4.74 Å². The Kier molecular flexibility index (Phi) is 4.82. The van der Waals surface area contributed by atoms with Crippen molar-refractivity contribution in [1.29, 1.82) is 0 Å². The SMILES string of the molecule is O=C(COC(=O)Cn1nnc2ccccc21)NC(c1ccccc1)C1CC1. The molecule has 1 fully saturated rings. The van der Waals surface area contributed by atoms with Crippen LogP contribution < -0.4 is 5.32 Å². The van der Waals surface area contributed by atoms with Crippen LogP contribution in [0.25, 0.3) is 11.0 Å². The number of hydrogen-bond acceptors (Lipinski definition) is 5. The molecule has 0 spiro atoms. The third-order valence-electron chi connectivity index (χ3n) is 4.63. The highest BCUT2D eigenvalue weighted by Crippen LogP contribution is 2.40. The van der Waals surface area contributed by atoms with Gasteiger partial charge < -0.3 is 10.1 Å². The van der Waals surface area contributed by atoms with E-state index in [0.29, 0.717) is 11.4 Å². The molecule has 1 N–H and O–H groups in total. The Bertz CT molecular complexity index is 950. The van der Waals surface area contributed by atoms with Gasteiger partial charge in [0.1, 0.15) is 12.1 Å². The number of rotatable bonds is 7. The summed E-state index contributed by atoms with van der Waals surface area (Å²) in [4.78, 5) is 24.3. The van der Waals surface area contributed by atoms with E-state index in [1.54, 1.807) is 0 Å². The van der Waals surface area contributed by atoms with Crippen molar-refractivity contribution in [2.45, 2.75) is 25.4 Å². The van der Waals surface area contributed by atoms with Gasteiger partial charge in [-0.05, 0) is 36.5 Å². The van der Waals surface area contributed by atoms with Gasteiger partial charge in [0.15, 0.2) is 6.61 Å². The molecule has 27 heavy (non-hydrogen) atoms. The number of amides is 1. The zero-order valence-electron chi connectivity index (χ0n) is 14.7. The molecule has 1 aliphatic carbocycles. The highest BCUT2D eigenvalue weighted by atomic mass is 16.5.